The van der Waals surface area contributed by atoms with Crippen LogP contribution in [-0.4, -0.2) is 88.7 Å². The Kier molecular flexibility index (Phi) is 8.69. The summed E-state index contributed by atoms with van der Waals surface area (Å²) in [6, 6.07) is 13.8. The van der Waals surface area contributed by atoms with Gasteiger partial charge < -0.3 is 29.4 Å². The molecule has 2 fully saturated rings. The Morgan fingerprint density at radius 2 is 1.90 bits per heavy atom. The van der Waals surface area contributed by atoms with E-state index in [1.165, 1.54) is 6.07 Å². The molecule has 0 saturated carbocycles. The number of nitrogens with one attached hydrogen (secondary N) is 1. The van der Waals surface area contributed by atoms with Crippen molar-refractivity contribution < 1.29 is 32.5 Å². The van der Waals surface area contributed by atoms with Crippen LogP contribution in [0.4, 0.5) is 13.2 Å². The first-order valence-corrected chi connectivity index (χ1v) is 16.5. The Balaban J connectivity index is 1.08. The molecule has 48 heavy (non-hydrogen) atoms. The number of ether oxygens (including phenoxy) is 2. The van der Waals surface area contributed by atoms with Crippen LogP contribution in [0.1, 0.15) is 52.8 Å². The molecule has 0 bridgehead atoms. The molecule has 3 aliphatic heterocycles. The number of rotatable bonds is 8. The summed E-state index contributed by atoms with van der Waals surface area (Å²) in [5.74, 6) is 1.04. The number of aliphatic hydroxyl groups is 1. The second kappa shape index (κ2) is 12.8. The largest absolute Gasteiger partial charge is 0.457 e. The summed E-state index contributed by atoms with van der Waals surface area (Å²) in [5.41, 5.74) is 2.14. The normalized spacial score (nSPS) is 20.0. The van der Waals surface area contributed by atoms with Crippen molar-refractivity contribution in [3.63, 3.8) is 0 Å². The molecule has 2 saturated heterocycles. The molecule has 12 heteroatoms. The standard InChI is InChI=1S/C36H40F3N5O4/c1-3-24-19-44(33(45)15-23-4-5-25(30(14-23)36(37,38)39)18-43-12-10-42(2)11-13-43)20-26-16-27(6-7-28(24)26)48-31-8-9-40-34-29(31)17-32(41-34)35(46)21-47-22-35/h4-9,14,16-17,24,46H,3,10-13,15,18-22H2,1-2H3,(H,40,41)/t24-/m0/s1. The molecular formula is C36H40F3N5O4. The summed E-state index contributed by atoms with van der Waals surface area (Å²) in [6.07, 6.45) is -2.18. The second-order valence-corrected chi connectivity index (χ2v) is 13.4. The molecule has 7 rings (SSSR count). The van der Waals surface area contributed by atoms with E-state index < -0.39 is 17.3 Å². The summed E-state index contributed by atoms with van der Waals surface area (Å²) in [6.45, 7) is 6.63. The Bertz CT molecular complexity index is 1810. The lowest BCUT2D eigenvalue weighted by molar-refractivity contribution is -0.186. The number of hydrogen-bond acceptors (Lipinski definition) is 7. The van der Waals surface area contributed by atoms with Crippen LogP contribution in [0.25, 0.3) is 11.0 Å². The van der Waals surface area contributed by atoms with E-state index in [0.717, 1.165) is 55.2 Å². The number of fused-ring (bicyclic) bond motifs is 2. The zero-order chi connectivity index (χ0) is 33.6. The monoisotopic (exact) mass is 663 g/mol. The van der Waals surface area contributed by atoms with E-state index in [-0.39, 0.29) is 43.6 Å². The number of amides is 1. The number of benzene rings is 2. The summed E-state index contributed by atoms with van der Waals surface area (Å²) in [5, 5.41) is 11.4. The van der Waals surface area contributed by atoms with Gasteiger partial charge in [0.25, 0.3) is 0 Å². The fourth-order valence-electron chi connectivity index (χ4n) is 6.94. The summed E-state index contributed by atoms with van der Waals surface area (Å²) in [4.78, 5) is 27.1. The van der Waals surface area contributed by atoms with Crippen LogP contribution in [0, 0.1) is 0 Å². The fraction of sp³-hybridized carbons (Fsp3) is 0.444. The van der Waals surface area contributed by atoms with Gasteiger partial charge >= 0.3 is 6.18 Å². The Hall–Kier alpha value is -3.97. The topological polar surface area (TPSA) is 94.2 Å². The predicted molar refractivity (Wildman–Crippen MR) is 174 cm³/mol. The molecule has 0 aliphatic carbocycles. The number of pyridine rings is 1. The highest BCUT2D eigenvalue weighted by Crippen LogP contribution is 2.38. The number of carbonyl (C=O) groups is 1. The van der Waals surface area contributed by atoms with Gasteiger partial charge in [-0.2, -0.15) is 13.2 Å². The number of likely N-dealkylation sites (N-methyl/N-ethyl adjacent to an activating group) is 1. The number of H-pyrrole nitrogens is 1. The number of carbonyl (C=O) groups excluding carboxylic acids is 1. The van der Waals surface area contributed by atoms with Gasteiger partial charge in [-0.3, -0.25) is 9.69 Å². The van der Waals surface area contributed by atoms with Gasteiger partial charge in [-0.25, -0.2) is 4.98 Å². The molecular weight excluding hydrogens is 623 g/mol. The van der Waals surface area contributed by atoms with E-state index in [9.17, 15) is 23.1 Å². The van der Waals surface area contributed by atoms with Crippen LogP contribution < -0.4 is 4.74 Å². The minimum absolute atomic E-state index is 0.0914. The van der Waals surface area contributed by atoms with E-state index in [4.69, 9.17) is 9.47 Å². The predicted octanol–water partition coefficient (Wildman–Crippen LogP) is 5.42. The highest BCUT2D eigenvalue weighted by atomic mass is 19.4. The number of hydrogen-bond donors (Lipinski definition) is 2. The van der Waals surface area contributed by atoms with Crippen molar-refractivity contribution in [1.29, 1.82) is 0 Å². The number of aromatic amines is 1. The third kappa shape index (κ3) is 6.54. The highest BCUT2D eigenvalue weighted by Gasteiger charge is 2.40. The first-order chi connectivity index (χ1) is 23.0. The van der Waals surface area contributed by atoms with Crippen LogP contribution in [-0.2, 0) is 40.8 Å². The maximum atomic E-state index is 14.2. The molecule has 254 valence electrons. The smallest absolute Gasteiger partial charge is 0.416 e. The van der Waals surface area contributed by atoms with E-state index in [1.807, 2.05) is 36.2 Å². The minimum atomic E-state index is -4.51. The maximum Gasteiger partial charge on any atom is 0.416 e. The molecule has 1 amide bonds. The number of alkyl halides is 3. The van der Waals surface area contributed by atoms with Crippen molar-refractivity contribution in [2.45, 2.75) is 50.6 Å². The van der Waals surface area contributed by atoms with E-state index in [2.05, 4.69) is 21.8 Å². The van der Waals surface area contributed by atoms with E-state index in [0.29, 0.717) is 41.5 Å². The average Bonchev–Trinajstić information content (AvgIpc) is 3.50. The lowest BCUT2D eigenvalue weighted by Crippen LogP contribution is -2.46. The minimum Gasteiger partial charge on any atom is -0.457 e. The second-order valence-electron chi connectivity index (χ2n) is 13.4. The highest BCUT2D eigenvalue weighted by molar-refractivity contribution is 5.84. The Morgan fingerprint density at radius 3 is 2.60 bits per heavy atom. The van der Waals surface area contributed by atoms with Crippen LogP contribution in [0.3, 0.4) is 0 Å². The molecule has 2 aromatic heterocycles. The van der Waals surface area contributed by atoms with Crippen molar-refractivity contribution in [2.75, 3.05) is 53.0 Å². The van der Waals surface area contributed by atoms with Crippen LogP contribution >= 0.6 is 0 Å². The molecule has 2 N–H and O–H groups in total. The molecule has 0 radical (unpaired) electrons. The zero-order valence-corrected chi connectivity index (χ0v) is 27.1. The van der Waals surface area contributed by atoms with Crippen LogP contribution in [0.5, 0.6) is 11.5 Å². The third-order valence-corrected chi connectivity index (χ3v) is 9.93. The van der Waals surface area contributed by atoms with E-state index >= 15 is 0 Å². The summed E-state index contributed by atoms with van der Waals surface area (Å²) < 4.78 is 54.1. The SMILES string of the molecule is CC[C@H]1CN(C(=O)Cc2ccc(CN3CCN(C)CC3)c(C(F)(F)F)c2)Cc2cc(Oc3ccnc4[nH]c(C5(O)COC5)cc34)ccc21. The van der Waals surface area contributed by atoms with Gasteiger partial charge in [-0.1, -0.05) is 25.1 Å². The van der Waals surface area contributed by atoms with Gasteiger partial charge in [0, 0.05) is 57.9 Å². The molecule has 0 spiro atoms. The van der Waals surface area contributed by atoms with Gasteiger partial charge in [0.2, 0.25) is 5.91 Å². The van der Waals surface area contributed by atoms with Crippen molar-refractivity contribution in [1.82, 2.24) is 24.7 Å². The van der Waals surface area contributed by atoms with Crippen LogP contribution in [0.2, 0.25) is 0 Å². The molecule has 4 aromatic rings. The van der Waals surface area contributed by atoms with Gasteiger partial charge in [0.05, 0.1) is 36.3 Å². The quantitative estimate of drug-likeness (QED) is 0.260. The fourth-order valence-corrected chi connectivity index (χ4v) is 6.94. The Labute approximate surface area is 277 Å². The molecule has 3 aliphatic rings. The maximum absolute atomic E-state index is 14.2. The molecule has 2 aromatic carbocycles. The van der Waals surface area contributed by atoms with Crippen molar-refractivity contribution >= 4 is 16.9 Å². The van der Waals surface area contributed by atoms with Gasteiger partial charge in [0.15, 0.2) is 5.60 Å². The summed E-state index contributed by atoms with van der Waals surface area (Å²) in [7, 11) is 2.01. The van der Waals surface area contributed by atoms with Crippen LogP contribution in [0.15, 0.2) is 54.7 Å². The zero-order valence-electron chi connectivity index (χ0n) is 27.1. The molecule has 0 unspecified atom stereocenters. The lowest BCUT2D eigenvalue weighted by atomic mass is 9.87. The molecule has 5 heterocycles. The molecule has 1 atom stereocenters. The van der Waals surface area contributed by atoms with Crippen molar-refractivity contribution in [3.05, 3.63) is 88.2 Å². The lowest BCUT2D eigenvalue weighted by Gasteiger charge is -2.35. The average molecular weight is 664 g/mol. The van der Waals surface area contributed by atoms with Gasteiger partial charge in [-0.05, 0) is 66.1 Å². The van der Waals surface area contributed by atoms with Crippen molar-refractivity contribution in [2.24, 2.45) is 0 Å². The van der Waals surface area contributed by atoms with Crippen molar-refractivity contribution in [3.8, 4) is 11.5 Å². The van der Waals surface area contributed by atoms with Gasteiger partial charge in [0.1, 0.15) is 17.1 Å². The number of halogens is 3. The Morgan fingerprint density at radius 1 is 1.10 bits per heavy atom. The van der Waals surface area contributed by atoms with E-state index in [1.54, 1.807) is 23.2 Å². The molecule has 9 nitrogen and oxygen atoms in total. The number of aromatic nitrogens is 2. The summed E-state index contributed by atoms with van der Waals surface area (Å²) >= 11 is 0. The first kappa shape index (κ1) is 32.6. The number of piperazine rings is 1. The third-order valence-electron chi connectivity index (χ3n) is 9.93. The number of nitrogens with zero attached hydrogens (tertiary/aromatic N) is 4. The van der Waals surface area contributed by atoms with Gasteiger partial charge in [-0.15, -0.1) is 0 Å². The first-order valence-electron chi connectivity index (χ1n) is 16.5.